The van der Waals surface area contributed by atoms with Crippen LogP contribution in [0.2, 0.25) is 0 Å². The maximum Gasteiger partial charge on any atom is 0.227 e. The van der Waals surface area contributed by atoms with Gasteiger partial charge in [0.1, 0.15) is 0 Å². The predicted octanol–water partition coefficient (Wildman–Crippen LogP) is 2.02. The number of amides is 1. The van der Waals surface area contributed by atoms with Gasteiger partial charge in [-0.05, 0) is 38.6 Å². The van der Waals surface area contributed by atoms with E-state index in [9.17, 15) is 9.59 Å². The van der Waals surface area contributed by atoms with Crippen LogP contribution in [0.15, 0.2) is 24.3 Å². The highest BCUT2D eigenvalue weighted by Crippen LogP contribution is 2.32. The summed E-state index contributed by atoms with van der Waals surface area (Å²) < 4.78 is 0. The Morgan fingerprint density at radius 2 is 1.80 bits per heavy atom. The Hall–Kier alpha value is -1.72. The average Bonchev–Trinajstić information content (AvgIpc) is 2.84. The van der Waals surface area contributed by atoms with Crippen LogP contribution < -0.4 is 4.90 Å². The molecule has 0 radical (unpaired) electrons. The van der Waals surface area contributed by atoms with E-state index in [0.717, 1.165) is 37.0 Å². The number of ketones is 1. The maximum absolute atomic E-state index is 12.5. The van der Waals surface area contributed by atoms with Crippen molar-refractivity contribution in [3.8, 4) is 0 Å². The standard InChI is InChI=1S/C20H27N3O2/c1-21-12-15-13-22(18(15)14-21)10-4-5-11-23-17-7-3-2-6-16(17)19(24)8-9-20(23)25/h2-3,6-7,15,18H,4-5,8-14H2,1H3/t15-,18+/m1/s1. The van der Waals surface area contributed by atoms with Crippen LogP contribution in [-0.2, 0) is 4.79 Å². The number of rotatable bonds is 5. The third-order valence-electron chi connectivity index (χ3n) is 5.97. The second kappa shape index (κ2) is 6.89. The molecule has 3 heterocycles. The third-order valence-corrected chi connectivity index (χ3v) is 5.97. The van der Waals surface area contributed by atoms with Crippen molar-refractivity contribution in [1.82, 2.24) is 9.80 Å². The summed E-state index contributed by atoms with van der Waals surface area (Å²) in [7, 11) is 2.21. The number of nitrogens with zero attached hydrogens (tertiary/aromatic N) is 3. The van der Waals surface area contributed by atoms with Crippen molar-refractivity contribution in [2.75, 3.05) is 44.7 Å². The van der Waals surface area contributed by atoms with Gasteiger partial charge in [-0.25, -0.2) is 0 Å². The lowest BCUT2D eigenvalue weighted by molar-refractivity contribution is -0.118. The number of unbranched alkanes of at least 4 members (excludes halogenated alkanes) is 1. The zero-order valence-electron chi connectivity index (χ0n) is 15.0. The largest absolute Gasteiger partial charge is 0.312 e. The molecule has 3 aliphatic heterocycles. The molecule has 0 N–H and O–H groups in total. The lowest BCUT2D eigenvalue weighted by Gasteiger charge is -2.43. The van der Waals surface area contributed by atoms with Crippen molar-refractivity contribution in [2.24, 2.45) is 5.92 Å². The Balaban J connectivity index is 1.32. The second-order valence-electron chi connectivity index (χ2n) is 7.74. The molecular weight excluding hydrogens is 314 g/mol. The van der Waals surface area contributed by atoms with Crippen LogP contribution in [0.4, 0.5) is 5.69 Å². The summed E-state index contributed by atoms with van der Waals surface area (Å²) in [5.74, 6) is 1.04. The normalized spacial score (nSPS) is 27.0. The van der Waals surface area contributed by atoms with E-state index < -0.39 is 0 Å². The number of para-hydroxylation sites is 1. The van der Waals surface area contributed by atoms with E-state index in [1.807, 2.05) is 29.2 Å². The number of likely N-dealkylation sites (tertiary alicyclic amines) is 2. The molecule has 0 unspecified atom stereocenters. The molecular formula is C20H27N3O2. The van der Waals surface area contributed by atoms with Gasteiger partial charge in [-0.3, -0.25) is 14.5 Å². The number of benzene rings is 1. The summed E-state index contributed by atoms with van der Waals surface area (Å²) >= 11 is 0. The lowest BCUT2D eigenvalue weighted by atomic mass is 9.92. The Bertz CT molecular complexity index is 675. The molecule has 1 aromatic carbocycles. The van der Waals surface area contributed by atoms with E-state index in [2.05, 4.69) is 16.8 Å². The molecule has 5 nitrogen and oxygen atoms in total. The van der Waals surface area contributed by atoms with Gasteiger partial charge in [-0.2, -0.15) is 0 Å². The first-order chi connectivity index (χ1) is 12.1. The minimum absolute atomic E-state index is 0.0831. The van der Waals surface area contributed by atoms with Gasteiger partial charge in [0.15, 0.2) is 5.78 Å². The van der Waals surface area contributed by atoms with Crippen molar-refractivity contribution >= 4 is 17.4 Å². The van der Waals surface area contributed by atoms with Crippen LogP contribution in [0.3, 0.4) is 0 Å². The topological polar surface area (TPSA) is 43.9 Å². The first kappa shape index (κ1) is 16.7. The second-order valence-corrected chi connectivity index (χ2v) is 7.74. The summed E-state index contributed by atoms with van der Waals surface area (Å²) in [6.45, 7) is 5.51. The van der Waals surface area contributed by atoms with Crippen molar-refractivity contribution in [3.05, 3.63) is 29.8 Å². The van der Waals surface area contributed by atoms with E-state index >= 15 is 0 Å². The molecule has 3 aliphatic rings. The fraction of sp³-hybridized carbons (Fsp3) is 0.600. The molecule has 0 spiro atoms. The SMILES string of the molecule is CN1C[C@@H]2CN(CCCCN3C(=O)CCC(=O)c4ccccc43)[C@H]2C1. The first-order valence-electron chi connectivity index (χ1n) is 9.48. The molecule has 5 heteroatoms. The van der Waals surface area contributed by atoms with Crippen LogP contribution in [0.25, 0.3) is 0 Å². The fourth-order valence-electron chi connectivity index (χ4n) is 4.61. The fourth-order valence-corrected chi connectivity index (χ4v) is 4.61. The summed E-state index contributed by atoms with van der Waals surface area (Å²) in [6, 6.07) is 8.30. The van der Waals surface area contributed by atoms with Gasteiger partial charge in [0, 0.05) is 56.5 Å². The Labute approximate surface area is 149 Å². The number of hydrogen-bond donors (Lipinski definition) is 0. The highest BCUT2D eigenvalue weighted by atomic mass is 16.2. The number of fused-ring (bicyclic) bond motifs is 2. The Morgan fingerprint density at radius 3 is 2.64 bits per heavy atom. The van der Waals surface area contributed by atoms with Crippen molar-refractivity contribution in [3.63, 3.8) is 0 Å². The van der Waals surface area contributed by atoms with Crippen LogP contribution in [-0.4, -0.2) is 67.3 Å². The molecule has 2 saturated heterocycles. The molecule has 0 aromatic heterocycles. The molecule has 0 saturated carbocycles. The van der Waals surface area contributed by atoms with Gasteiger partial charge < -0.3 is 9.80 Å². The molecule has 4 rings (SSSR count). The molecule has 1 aromatic rings. The molecule has 134 valence electrons. The summed E-state index contributed by atoms with van der Waals surface area (Å²) in [6.07, 6.45) is 2.75. The number of hydrogen-bond acceptors (Lipinski definition) is 4. The van der Waals surface area contributed by atoms with Crippen LogP contribution >= 0.6 is 0 Å². The van der Waals surface area contributed by atoms with Gasteiger partial charge in [0.05, 0.1) is 5.69 Å². The van der Waals surface area contributed by atoms with Gasteiger partial charge in [0.2, 0.25) is 5.91 Å². The summed E-state index contributed by atoms with van der Waals surface area (Å²) in [4.78, 5) is 31.5. The van der Waals surface area contributed by atoms with E-state index in [1.165, 1.54) is 19.6 Å². The summed E-state index contributed by atoms with van der Waals surface area (Å²) in [5.41, 5.74) is 1.50. The Morgan fingerprint density at radius 1 is 1.00 bits per heavy atom. The molecule has 2 atom stereocenters. The van der Waals surface area contributed by atoms with Crippen molar-refractivity contribution < 1.29 is 9.59 Å². The van der Waals surface area contributed by atoms with Crippen LogP contribution in [0.5, 0.6) is 0 Å². The maximum atomic E-state index is 12.5. The number of likely N-dealkylation sites (N-methyl/N-ethyl adjacent to an activating group) is 1. The zero-order valence-corrected chi connectivity index (χ0v) is 15.0. The minimum Gasteiger partial charge on any atom is -0.312 e. The van der Waals surface area contributed by atoms with E-state index in [0.29, 0.717) is 24.9 Å². The molecule has 0 aliphatic carbocycles. The number of carbonyl (C=O) groups is 2. The minimum atomic E-state index is 0.0831. The molecule has 0 bridgehead atoms. The average molecular weight is 341 g/mol. The smallest absolute Gasteiger partial charge is 0.227 e. The third kappa shape index (κ3) is 3.23. The number of anilines is 1. The van der Waals surface area contributed by atoms with Crippen LogP contribution in [0, 0.1) is 5.92 Å². The van der Waals surface area contributed by atoms with E-state index in [4.69, 9.17) is 0 Å². The van der Waals surface area contributed by atoms with Gasteiger partial charge in [0.25, 0.3) is 0 Å². The highest BCUT2D eigenvalue weighted by molar-refractivity contribution is 6.09. The zero-order chi connectivity index (χ0) is 17.4. The molecule has 1 amide bonds. The van der Waals surface area contributed by atoms with Crippen LogP contribution in [0.1, 0.15) is 36.0 Å². The Kier molecular flexibility index (Phi) is 4.61. The summed E-state index contributed by atoms with van der Waals surface area (Å²) in [5, 5.41) is 0. The number of Topliss-reactive ketones (excluding diaryl/α,β-unsaturated/α-hetero) is 1. The van der Waals surface area contributed by atoms with E-state index in [-0.39, 0.29) is 11.7 Å². The first-order valence-corrected chi connectivity index (χ1v) is 9.48. The monoisotopic (exact) mass is 341 g/mol. The van der Waals surface area contributed by atoms with Gasteiger partial charge >= 0.3 is 0 Å². The molecule has 2 fully saturated rings. The van der Waals surface area contributed by atoms with Gasteiger partial charge in [-0.15, -0.1) is 0 Å². The quantitative estimate of drug-likeness (QED) is 0.769. The number of carbonyl (C=O) groups excluding carboxylic acids is 2. The van der Waals surface area contributed by atoms with Crippen molar-refractivity contribution in [1.29, 1.82) is 0 Å². The van der Waals surface area contributed by atoms with Gasteiger partial charge in [-0.1, -0.05) is 12.1 Å². The van der Waals surface area contributed by atoms with Crippen molar-refractivity contribution in [2.45, 2.75) is 31.7 Å². The van der Waals surface area contributed by atoms with E-state index in [1.54, 1.807) is 0 Å². The highest BCUT2D eigenvalue weighted by Gasteiger charge is 2.43. The predicted molar refractivity (Wildman–Crippen MR) is 97.9 cm³/mol. The lowest BCUT2D eigenvalue weighted by Crippen LogP contribution is -2.55. The molecule has 25 heavy (non-hydrogen) atoms.